The molecule has 1 aromatic carbocycles. The lowest BCUT2D eigenvalue weighted by molar-refractivity contribution is 0.282. The number of aliphatic hydroxyl groups is 1. The van der Waals surface area contributed by atoms with Gasteiger partial charge in [-0.15, -0.1) is 0 Å². The van der Waals surface area contributed by atoms with Crippen molar-refractivity contribution in [3.05, 3.63) is 34.9 Å². The van der Waals surface area contributed by atoms with Gasteiger partial charge in [0.25, 0.3) is 0 Å². The lowest BCUT2D eigenvalue weighted by atomic mass is 10.0. The summed E-state index contributed by atoms with van der Waals surface area (Å²) in [6.07, 6.45) is 5.67. The highest BCUT2D eigenvalue weighted by molar-refractivity contribution is 5.37. The molecule has 0 saturated heterocycles. The predicted octanol–water partition coefficient (Wildman–Crippen LogP) is 2.73. The molecule has 0 heterocycles. The van der Waals surface area contributed by atoms with Gasteiger partial charge >= 0.3 is 0 Å². The second-order valence-corrected chi connectivity index (χ2v) is 5.03. The summed E-state index contributed by atoms with van der Waals surface area (Å²) >= 11 is 0. The summed E-state index contributed by atoms with van der Waals surface area (Å²) in [6, 6.07) is 7.37. The van der Waals surface area contributed by atoms with E-state index < -0.39 is 0 Å². The highest BCUT2D eigenvalue weighted by Crippen LogP contribution is 2.31. The Morgan fingerprint density at radius 3 is 3.00 bits per heavy atom. The average Bonchev–Trinajstić information content (AvgIpc) is 2.72. The maximum atomic E-state index is 8.72. The van der Waals surface area contributed by atoms with Gasteiger partial charge in [0.15, 0.2) is 0 Å². The molecule has 2 N–H and O–H groups in total. The van der Waals surface area contributed by atoms with E-state index in [0.29, 0.717) is 12.6 Å². The van der Waals surface area contributed by atoms with Crippen LogP contribution in [0, 0.1) is 6.92 Å². The number of aliphatic hydroxyl groups excluding tert-OH is 1. The van der Waals surface area contributed by atoms with E-state index >= 15 is 0 Å². The minimum Gasteiger partial charge on any atom is -0.396 e. The summed E-state index contributed by atoms with van der Waals surface area (Å²) in [5.41, 5.74) is 4.38. The SMILES string of the molecule is Cc1ccc2c(c1)C(NCCCCCO)CC2. The largest absolute Gasteiger partial charge is 0.396 e. The third kappa shape index (κ3) is 3.30. The molecule has 0 fully saturated rings. The first-order valence-electron chi connectivity index (χ1n) is 6.75. The molecule has 0 spiro atoms. The van der Waals surface area contributed by atoms with Crippen LogP contribution < -0.4 is 5.32 Å². The lowest BCUT2D eigenvalue weighted by Crippen LogP contribution is -2.20. The van der Waals surface area contributed by atoms with Crippen molar-refractivity contribution in [1.82, 2.24) is 5.32 Å². The van der Waals surface area contributed by atoms with Crippen LogP contribution in [0.1, 0.15) is 48.4 Å². The smallest absolute Gasteiger partial charge is 0.0431 e. The van der Waals surface area contributed by atoms with Crippen LogP contribution in [0.4, 0.5) is 0 Å². The molecular weight excluding hydrogens is 210 g/mol. The van der Waals surface area contributed by atoms with Crippen LogP contribution in [0.5, 0.6) is 0 Å². The van der Waals surface area contributed by atoms with Crippen molar-refractivity contribution in [2.75, 3.05) is 13.2 Å². The highest BCUT2D eigenvalue weighted by Gasteiger charge is 2.21. The molecule has 0 radical (unpaired) electrons. The molecule has 0 amide bonds. The zero-order valence-corrected chi connectivity index (χ0v) is 10.7. The molecule has 1 aliphatic rings. The zero-order valence-electron chi connectivity index (χ0n) is 10.7. The summed E-state index contributed by atoms with van der Waals surface area (Å²) in [6.45, 7) is 3.56. The molecular formula is C15H23NO. The molecule has 0 aliphatic heterocycles. The van der Waals surface area contributed by atoms with Crippen molar-refractivity contribution in [2.45, 2.75) is 45.1 Å². The van der Waals surface area contributed by atoms with E-state index in [1.165, 1.54) is 29.5 Å². The Morgan fingerprint density at radius 2 is 2.18 bits per heavy atom. The molecule has 0 aromatic heterocycles. The Hall–Kier alpha value is -0.860. The van der Waals surface area contributed by atoms with Crippen LogP contribution in [-0.2, 0) is 6.42 Å². The summed E-state index contributed by atoms with van der Waals surface area (Å²) in [7, 11) is 0. The van der Waals surface area contributed by atoms with Gasteiger partial charge < -0.3 is 10.4 Å². The van der Waals surface area contributed by atoms with E-state index in [-0.39, 0.29) is 0 Å². The summed E-state index contributed by atoms with van der Waals surface area (Å²) in [5, 5.41) is 12.4. The Morgan fingerprint density at radius 1 is 1.29 bits per heavy atom. The van der Waals surface area contributed by atoms with Gasteiger partial charge in [-0.3, -0.25) is 0 Å². The second-order valence-electron chi connectivity index (χ2n) is 5.03. The Labute approximate surface area is 104 Å². The van der Waals surface area contributed by atoms with Crippen molar-refractivity contribution in [3.63, 3.8) is 0 Å². The van der Waals surface area contributed by atoms with Crippen LogP contribution >= 0.6 is 0 Å². The molecule has 0 bridgehead atoms. The first-order valence-corrected chi connectivity index (χ1v) is 6.75. The predicted molar refractivity (Wildman–Crippen MR) is 71.2 cm³/mol. The number of benzene rings is 1. The Balaban J connectivity index is 1.82. The third-order valence-electron chi connectivity index (χ3n) is 3.60. The van der Waals surface area contributed by atoms with E-state index in [0.717, 1.165) is 25.8 Å². The van der Waals surface area contributed by atoms with Gasteiger partial charge in [-0.2, -0.15) is 0 Å². The molecule has 2 nitrogen and oxygen atoms in total. The molecule has 1 aliphatic carbocycles. The summed E-state index contributed by atoms with van der Waals surface area (Å²) in [5.74, 6) is 0. The fraction of sp³-hybridized carbons (Fsp3) is 0.600. The first kappa shape index (κ1) is 12.6. The van der Waals surface area contributed by atoms with Crippen molar-refractivity contribution in [2.24, 2.45) is 0 Å². The van der Waals surface area contributed by atoms with Gasteiger partial charge in [-0.05, 0) is 56.7 Å². The topological polar surface area (TPSA) is 32.3 Å². The van der Waals surface area contributed by atoms with Crippen molar-refractivity contribution < 1.29 is 5.11 Å². The van der Waals surface area contributed by atoms with Gasteiger partial charge in [0.05, 0.1) is 0 Å². The van der Waals surface area contributed by atoms with Crippen LogP contribution in [0.2, 0.25) is 0 Å². The standard InChI is InChI=1S/C15H23NO/c1-12-5-6-13-7-8-15(14(13)11-12)16-9-3-2-4-10-17/h5-6,11,15-17H,2-4,7-10H2,1H3. The maximum absolute atomic E-state index is 8.72. The lowest BCUT2D eigenvalue weighted by Gasteiger charge is -2.14. The third-order valence-corrected chi connectivity index (χ3v) is 3.60. The molecule has 1 atom stereocenters. The Bertz CT molecular complexity index is 362. The normalized spacial score (nSPS) is 18.4. The van der Waals surface area contributed by atoms with Crippen LogP contribution in [-0.4, -0.2) is 18.3 Å². The molecule has 2 rings (SSSR count). The van der Waals surface area contributed by atoms with Crippen molar-refractivity contribution in [1.29, 1.82) is 0 Å². The minimum absolute atomic E-state index is 0.325. The second kappa shape index (κ2) is 6.18. The van der Waals surface area contributed by atoms with E-state index in [2.05, 4.69) is 30.4 Å². The quantitative estimate of drug-likeness (QED) is 0.740. The van der Waals surface area contributed by atoms with Gasteiger partial charge in [0.2, 0.25) is 0 Å². The zero-order chi connectivity index (χ0) is 12.1. The van der Waals surface area contributed by atoms with Crippen LogP contribution in [0.25, 0.3) is 0 Å². The maximum Gasteiger partial charge on any atom is 0.0431 e. The number of fused-ring (bicyclic) bond motifs is 1. The Kier molecular flexibility index (Phi) is 4.57. The molecule has 1 aromatic rings. The minimum atomic E-state index is 0.325. The fourth-order valence-electron chi connectivity index (χ4n) is 2.62. The van der Waals surface area contributed by atoms with E-state index in [9.17, 15) is 0 Å². The first-order chi connectivity index (χ1) is 8.31. The molecule has 2 heteroatoms. The van der Waals surface area contributed by atoms with E-state index in [4.69, 9.17) is 5.11 Å². The summed E-state index contributed by atoms with van der Waals surface area (Å²) in [4.78, 5) is 0. The van der Waals surface area contributed by atoms with E-state index in [1.807, 2.05) is 0 Å². The monoisotopic (exact) mass is 233 g/mol. The number of nitrogens with one attached hydrogen (secondary N) is 1. The number of hydrogen-bond acceptors (Lipinski definition) is 2. The molecule has 94 valence electrons. The molecule has 0 saturated carbocycles. The van der Waals surface area contributed by atoms with Crippen molar-refractivity contribution >= 4 is 0 Å². The van der Waals surface area contributed by atoms with Gasteiger partial charge in [0.1, 0.15) is 0 Å². The number of rotatable bonds is 6. The van der Waals surface area contributed by atoms with Gasteiger partial charge in [-0.1, -0.05) is 23.8 Å². The number of aryl methyl sites for hydroxylation is 2. The number of hydrogen-bond donors (Lipinski definition) is 2. The van der Waals surface area contributed by atoms with Crippen molar-refractivity contribution in [3.8, 4) is 0 Å². The summed E-state index contributed by atoms with van der Waals surface area (Å²) < 4.78 is 0. The van der Waals surface area contributed by atoms with Gasteiger partial charge in [-0.25, -0.2) is 0 Å². The van der Waals surface area contributed by atoms with Crippen LogP contribution in [0.3, 0.4) is 0 Å². The fourth-order valence-corrected chi connectivity index (χ4v) is 2.62. The van der Waals surface area contributed by atoms with Crippen LogP contribution in [0.15, 0.2) is 18.2 Å². The molecule has 1 unspecified atom stereocenters. The highest BCUT2D eigenvalue weighted by atomic mass is 16.2. The van der Waals surface area contributed by atoms with E-state index in [1.54, 1.807) is 0 Å². The van der Waals surface area contributed by atoms with Gasteiger partial charge in [0, 0.05) is 12.6 Å². The average molecular weight is 233 g/mol. The molecule has 17 heavy (non-hydrogen) atoms. The number of unbranched alkanes of at least 4 members (excludes halogenated alkanes) is 2.